The Kier molecular flexibility index (Phi) is 3.97. The summed E-state index contributed by atoms with van der Waals surface area (Å²) in [5.41, 5.74) is 2.77. The number of hydrogen-bond acceptors (Lipinski definition) is 5. The van der Waals surface area contributed by atoms with Gasteiger partial charge in [0.05, 0.1) is 7.05 Å². The molecule has 0 bridgehead atoms. The van der Waals surface area contributed by atoms with Crippen molar-refractivity contribution < 1.29 is 0 Å². The minimum Gasteiger partial charge on any atom is -0.271 e. The Labute approximate surface area is 83.8 Å². The van der Waals surface area contributed by atoms with Gasteiger partial charge in [-0.05, 0) is 17.6 Å². The van der Waals surface area contributed by atoms with Crippen LogP contribution < -0.4 is 11.3 Å². The van der Waals surface area contributed by atoms with E-state index in [2.05, 4.69) is 34.7 Å². The predicted octanol–water partition coefficient (Wildman–Crippen LogP) is -0.369. The van der Waals surface area contributed by atoms with Gasteiger partial charge in [-0.3, -0.25) is 11.3 Å². The van der Waals surface area contributed by atoms with Crippen molar-refractivity contribution in [3.63, 3.8) is 0 Å². The van der Waals surface area contributed by atoms with Gasteiger partial charge in [0.15, 0.2) is 5.82 Å². The van der Waals surface area contributed by atoms with E-state index in [4.69, 9.17) is 5.84 Å². The van der Waals surface area contributed by atoms with Gasteiger partial charge in [-0.2, -0.15) is 4.80 Å². The number of aromatic nitrogens is 4. The Morgan fingerprint density at radius 2 is 2.21 bits per heavy atom. The third-order valence-electron chi connectivity index (χ3n) is 1.97. The Hall–Kier alpha value is -1.01. The first kappa shape index (κ1) is 11.1. The quantitative estimate of drug-likeness (QED) is 0.498. The molecule has 0 aliphatic heterocycles. The molecule has 1 atom stereocenters. The molecule has 0 aromatic carbocycles. The maximum absolute atomic E-state index is 5.44. The first-order chi connectivity index (χ1) is 6.61. The summed E-state index contributed by atoms with van der Waals surface area (Å²) in [6.45, 7) is 4.32. The molecule has 1 aromatic rings. The van der Waals surface area contributed by atoms with Crippen LogP contribution in [0.15, 0.2) is 0 Å². The van der Waals surface area contributed by atoms with Crippen molar-refractivity contribution >= 4 is 0 Å². The smallest absolute Gasteiger partial charge is 0.176 e. The molecule has 0 aliphatic carbocycles. The molecule has 0 saturated carbocycles. The summed E-state index contributed by atoms with van der Waals surface area (Å²) in [4.78, 5) is 1.46. The molecule has 1 heterocycles. The van der Waals surface area contributed by atoms with Gasteiger partial charge < -0.3 is 0 Å². The summed E-state index contributed by atoms with van der Waals surface area (Å²) < 4.78 is 0. The summed E-state index contributed by atoms with van der Waals surface area (Å²) in [6.07, 6.45) is 1.73. The zero-order chi connectivity index (χ0) is 10.6. The second-order valence-electron chi connectivity index (χ2n) is 3.89. The lowest BCUT2D eigenvalue weighted by atomic mass is 10.0. The van der Waals surface area contributed by atoms with E-state index in [9.17, 15) is 0 Å². The van der Waals surface area contributed by atoms with Crippen molar-refractivity contribution in [1.29, 1.82) is 0 Å². The van der Waals surface area contributed by atoms with Gasteiger partial charge in [-0.15, -0.1) is 10.2 Å². The number of nitrogens with zero attached hydrogens (tertiary/aromatic N) is 4. The van der Waals surface area contributed by atoms with Crippen LogP contribution in [0.2, 0.25) is 0 Å². The molecule has 0 amide bonds. The van der Waals surface area contributed by atoms with E-state index in [1.54, 1.807) is 7.05 Å². The Balaban J connectivity index is 2.48. The second kappa shape index (κ2) is 5.02. The van der Waals surface area contributed by atoms with E-state index in [0.717, 1.165) is 18.7 Å². The van der Waals surface area contributed by atoms with E-state index in [0.29, 0.717) is 5.92 Å². The molecule has 14 heavy (non-hydrogen) atoms. The molecule has 0 aliphatic rings. The average Bonchev–Trinajstić information content (AvgIpc) is 2.49. The van der Waals surface area contributed by atoms with E-state index in [1.165, 1.54) is 4.80 Å². The monoisotopic (exact) mass is 198 g/mol. The lowest BCUT2D eigenvalue weighted by molar-refractivity contribution is 0.417. The maximum Gasteiger partial charge on any atom is 0.176 e. The second-order valence-corrected chi connectivity index (χ2v) is 3.89. The number of nitrogens with one attached hydrogen (secondary N) is 1. The molecule has 0 fully saturated rings. The van der Waals surface area contributed by atoms with Gasteiger partial charge >= 0.3 is 0 Å². The van der Waals surface area contributed by atoms with Crippen molar-refractivity contribution in [2.75, 3.05) is 0 Å². The average molecular weight is 198 g/mol. The number of hydrazine groups is 1. The predicted molar refractivity (Wildman–Crippen MR) is 53.1 cm³/mol. The summed E-state index contributed by atoms with van der Waals surface area (Å²) >= 11 is 0. The molecule has 3 N–H and O–H groups in total. The Bertz CT molecular complexity index is 269. The lowest BCUT2D eigenvalue weighted by Crippen LogP contribution is -2.38. The normalized spacial score (nSPS) is 13.5. The molecule has 1 unspecified atom stereocenters. The van der Waals surface area contributed by atoms with E-state index in [1.807, 2.05) is 0 Å². The Morgan fingerprint density at radius 3 is 2.64 bits per heavy atom. The van der Waals surface area contributed by atoms with Crippen molar-refractivity contribution in [3.05, 3.63) is 5.82 Å². The molecular formula is C8H18N6. The number of aryl methyl sites for hydroxylation is 1. The molecule has 6 heteroatoms. The topological polar surface area (TPSA) is 81.7 Å². The van der Waals surface area contributed by atoms with Crippen molar-refractivity contribution in [2.24, 2.45) is 18.8 Å². The fourth-order valence-corrected chi connectivity index (χ4v) is 1.40. The standard InChI is InChI=1S/C8H18N6/c1-6(2)4-7(10-9)5-8-11-13-14(3)12-8/h6-7,10H,4-5,9H2,1-3H3. The molecule has 1 aromatic heterocycles. The number of hydrogen-bond donors (Lipinski definition) is 2. The van der Waals surface area contributed by atoms with E-state index >= 15 is 0 Å². The van der Waals surface area contributed by atoms with E-state index < -0.39 is 0 Å². The maximum atomic E-state index is 5.44. The fourth-order valence-electron chi connectivity index (χ4n) is 1.40. The van der Waals surface area contributed by atoms with Crippen LogP contribution in [-0.2, 0) is 13.5 Å². The highest BCUT2D eigenvalue weighted by Crippen LogP contribution is 2.07. The van der Waals surface area contributed by atoms with Crippen LogP contribution in [0.3, 0.4) is 0 Å². The highest BCUT2D eigenvalue weighted by atomic mass is 15.6. The first-order valence-electron chi connectivity index (χ1n) is 4.80. The van der Waals surface area contributed by atoms with Crippen LogP contribution in [0.4, 0.5) is 0 Å². The summed E-state index contributed by atoms with van der Waals surface area (Å²) in [5.74, 6) is 6.78. The first-order valence-corrected chi connectivity index (χ1v) is 4.80. The van der Waals surface area contributed by atoms with Crippen molar-refractivity contribution in [3.8, 4) is 0 Å². The number of nitrogens with two attached hydrogens (primary N) is 1. The molecular weight excluding hydrogens is 180 g/mol. The Morgan fingerprint density at radius 1 is 1.50 bits per heavy atom. The van der Waals surface area contributed by atoms with Crippen LogP contribution in [-0.4, -0.2) is 26.2 Å². The summed E-state index contributed by atoms with van der Waals surface area (Å²) in [5, 5.41) is 11.8. The van der Waals surface area contributed by atoms with Gasteiger partial charge in [0, 0.05) is 12.5 Å². The van der Waals surface area contributed by atoms with Crippen LogP contribution in [0, 0.1) is 5.92 Å². The SMILES string of the molecule is CC(C)CC(Cc1nnn(C)n1)NN. The van der Waals surface area contributed by atoms with E-state index in [-0.39, 0.29) is 6.04 Å². The third kappa shape index (κ3) is 3.39. The summed E-state index contributed by atoms with van der Waals surface area (Å²) in [7, 11) is 1.75. The van der Waals surface area contributed by atoms with Crippen molar-refractivity contribution in [2.45, 2.75) is 32.7 Å². The van der Waals surface area contributed by atoms with Crippen molar-refractivity contribution in [1.82, 2.24) is 25.6 Å². The minimum absolute atomic E-state index is 0.221. The molecule has 0 saturated heterocycles. The zero-order valence-corrected chi connectivity index (χ0v) is 8.94. The third-order valence-corrected chi connectivity index (χ3v) is 1.97. The van der Waals surface area contributed by atoms with Crippen LogP contribution in [0.1, 0.15) is 26.1 Å². The highest BCUT2D eigenvalue weighted by Gasteiger charge is 2.12. The van der Waals surface area contributed by atoms with Gasteiger partial charge in [0.1, 0.15) is 0 Å². The fraction of sp³-hybridized carbons (Fsp3) is 0.875. The van der Waals surface area contributed by atoms with Gasteiger partial charge in [-0.1, -0.05) is 13.8 Å². The highest BCUT2D eigenvalue weighted by molar-refractivity contribution is 4.83. The number of tetrazole rings is 1. The van der Waals surface area contributed by atoms with Crippen LogP contribution in [0.25, 0.3) is 0 Å². The lowest BCUT2D eigenvalue weighted by Gasteiger charge is -2.15. The molecule has 0 spiro atoms. The molecule has 1 rings (SSSR count). The van der Waals surface area contributed by atoms with Crippen LogP contribution in [0.5, 0.6) is 0 Å². The van der Waals surface area contributed by atoms with Gasteiger partial charge in [0.25, 0.3) is 0 Å². The zero-order valence-electron chi connectivity index (χ0n) is 8.94. The molecule has 80 valence electrons. The minimum atomic E-state index is 0.221. The largest absolute Gasteiger partial charge is 0.271 e. The molecule has 6 nitrogen and oxygen atoms in total. The van der Waals surface area contributed by atoms with Crippen LogP contribution >= 0.6 is 0 Å². The molecule has 0 radical (unpaired) electrons. The van der Waals surface area contributed by atoms with Gasteiger partial charge in [-0.25, -0.2) is 0 Å². The van der Waals surface area contributed by atoms with Gasteiger partial charge in [0.2, 0.25) is 0 Å². The summed E-state index contributed by atoms with van der Waals surface area (Å²) in [6, 6.07) is 0.221. The number of rotatable bonds is 5.